The van der Waals surface area contributed by atoms with E-state index in [-0.39, 0.29) is 22.8 Å². The molecule has 2 aromatic rings. The van der Waals surface area contributed by atoms with E-state index in [1.54, 1.807) is 58.0 Å². The second-order valence-electron chi connectivity index (χ2n) is 8.11. The first-order valence-corrected chi connectivity index (χ1v) is 10.0. The minimum Gasteiger partial charge on any atom is -0.444 e. The molecule has 0 saturated heterocycles. The molecule has 0 fully saturated rings. The second kappa shape index (κ2) is 9.76. The highest BCUT2D eigenvalue weighted by molar-refractivity contribution is 6.34. The number of nitrogens with one attached hydrogen (secondary N) is 2. The van der Waals surface area contributed by atoms with Crippen molar-refractivity contribution in [3.8, 4) is 0 Å². The smallest absolute Gasteiger partial charge is 0.408 e. The summed E-state index contributed by atoms with van der Waals surface area (Å²) in [5, 5.41) is 5.57. The fraction of sp³-hybridized carbons (Fsp3) is 0.348. The van der Waals surface area contributed by atoms with Crippen molar-refractivity contribution in [3.05, 3.63) is 64.2 Å². The maximum Gasteiger partial charge on any atom is 0.408 e. The van der Waals surface area contributed by atoms with Gasteiger partial charge >= 0.3 is 6.09 Å². The zero-order valence-corrected chi connectivity index (χ0v) is 18.6. The number of rotatable bonds is 6. The third-order valence-corrected chi connectivity index (χ3v) is 4.53. The number of amides is 2. The Kier molecular flexibility index (Phi) is 7.62. The summed E-state index contributed by atoms with van der Waals surface area (Å²) in [7, 11) is 0. The van der Waals surface area contributed by atoms with E-state index in [2.05, 4.69) is 10.6 Å². The summed E-state index contributed by atoms with van der Waals surface area (Å²) in [6.07, 6.45) is -0.736. The number of hydrogen-bond acceptors (Lipinski definition) is 4. The van der Waals surface area contributed by atoms with Crippen LogP contribution in [0, 0.1) is 6.92 Å². The minimum absolute atomic E-state index is 0.0613. The van der Waals surface area contributed by atoms with Gasteiger partial charge in [0.05, 0.1) is 16.6 Å². The van der Waals surface area contributed by atoms with Gasteiger partial charge in [0.2, 0.25) is 0 Å². The van der Waals surface area contributed by atoms with Gasteiger partial charge in [-0.1, -0.05) is 41.4 Å². The Morgan fingerprint density at radius 1 is 1.07 bits per heavy atom. The SMILES string of the molecule is Cc1ccc(NC(=O)c2c(Cl)cccc2CC(=O)[C@H](C)NC(=O)OC(C)(C)C)cc1. The lowest BCUT2D eigenvalue weighted by Gasteiger charge is -2.21. The van der Waals surface area contributed by atoms with Gasteiger partial charge in [-0.25, -0.2) is 4.79 Å². The van der Waals surface area contributed by atoms with Gasteiger partial charge < -0.3 is 15.4 Å². The molecule has 0 aliphatic carbocycles. The number of ether oxygens (including phenoxy) is 1. The third-order valence-electron chi connectivity index (χ3n) is 4.22. The van der Waals surface area contributed by atoms with E-state index < -0.39 is 23.6 Å². The summed E-state index contributed by atoms with van der Waals surface area (Å²) in [6.45, 7) is 8.75. The number of ketones is 1. The summed E-state index contributed by atoms with van der Waals surface area (Å²) in [5.41, 5.74) is 1.75. The fourth-order valence-corrected chi connectivity index (χ4v) is 2.99. The number of carbonyl (C=O) groups is 3. The summed E-state index contributed by atoms with van der Waals surface area (Å²) >= 11 is 6.27. The first-order chi connectivity index (χ1) is 14.0. The van der Waals surface area contributed by atoms with Gasteiger partial charge in [0.1, 0.15) is 5.60 Å². The monoisotopic (exact) mass is 430 g/mol. The standard InChI is InChI=1S/C23H27ClN2O4/c1-14-9-11-17(12-10-14)26-21(28)20-16(7-6-8-18(20)24)13-19(27)15(2)25-22(29)30-23(3,4)5/h6-12,15H,13H2,1-5H3,(H,25,29)(H,26,28)/t15-/m0/s1. The Labute approximate surface area is 182 Å². The van der Waals surface area contributed by atoms with Crippen molar-refractivity contribution in [2.24, 2.45) is 0 Å². The van der Waals surface area contributed by atoms with Crippen LogP contribution in [0.1, 0.15) is 49.2 Å². The van der Waals surface area contributed by atoms with Crippen LogP contribution in [0.15, 0.2) is 42.5 Å². The Morgan fingerprint density at radius 2 is 1.70 bits per heavy atom. The van der Waals surface area contributed by atoms with Crippen LogP contribution in [-0.4, -0.2) is 29.4 Å². The van der Waals surface area contributed by atoms with E-state index in [1.807, 2.05) is 19.1 Å². The van der Waals surface area contributed by atoms with Gasteiger partial charge in [-0.3, -0.25) is 9.59 Å². The zero-order valence-electron chi connectivity index (χ0n) is 17.8. The molecule has 2 aromatic carbocycles. The minimum atomic E-state index is -0.785. The van der Waals surface area contributed by atoms with Crippen molar-refractivity contribution in [2.45, 2.75) is 52.7 Å². The lowest BCUT2D eigenvalue weighted by molar-refractivity contribution is -0.120. The summed E-state index contributed by atoms with van der Waals surface area (Å²) in [4.78, 5) is 37.4. The molecule has 160 valence electrons. The molecule has 0 aromatic heterocycles. The van der Waals surface area contributed by atoms with Crippen molar-refractivity contribution in [1.29, 1.82) is 0 Å². The molecule has 2 amide bonds. The number of Topliss-reactive ketones (excluding diaryl/α,β-unsaturated/α-hetero) is 1. The molecule has 0 bridgehead atoms. The molecular formula is C23H27ClN2O4. The molecule has 1 atom stereocenters. The van der Waals surface area contributed by atoms with E-state index >= 15 is 0 Å². The molecule has 0 aliphatic rings. The average molecular weight is 431 g/mol. The number of benzene rings is 2. The maximum absolute atomic E-state index is 12.8. The van der Waals surface area contributed by atoms with Crippen LogP contribution in [0.5, 0.6) is 0 Å². The first kappa shape index (κ1) is 23.4. The molecule has 30 heavy (non-hydrogen) atoms. The largest absolute Gasteiger partial charge is 0.444 e. The van der Waals surface area contributed by atoms with Gasteiger partial charge in [0, 0.05) is 12.1 Å². The fourth-order valence-electron chi connectivity index (χ4n) is 2.71. The highest BCUT2D eigenvalue weighted by Gasteiger charge is 2.23. The normalized spacial score (nSPS) is 12.1. The van der Waals surface area contributed by atoms with Crippen molar-refractivity contribution >= 4 is 35.1 Å². The highest BCUT2D eigenvalue weighted by atomic mass is 35.5. The topological polar surface area (TPSA) is 84.5 Å². The number of alkyl carbamates (subject to hydrolysis) is 1. The van der Waals surface area contributed by atoms with Crippen LogP contribution in [0.2, 0.25) is 5.02 Å². The summed E-state index contributed by atoms with van der Waals surface area (Å²) < 4.78 is 5.18. The van der Waals surface area contributed by atoms with Crippen molar-refractivity contribution in [2.75, 3.05) is 5.32 Å². The molecule has 0 unspecified atom stereocenters. The lowest BCUT2D eigenvalue weighted by atomic mass is 9.99. The molecule has 0 saturated carbocycles. The van der Waals surface area contributed by atoms with E-state index in [1.165, 1.54) is 0 Å². The quantitative estimate of drug-likeness (QED) is 0.680. The van der Waals surface area contributed by atoms with Crippen LogP contribution in [-0.2, 0) is 16.0 Å². The van der Waals surface area contributed by atoms with Crippen molar-refractivity contribution in [3.63, 3.8) is 0 Å². The molecule has 0 heterocycles. The lowest BCUT2D eigenvalue weighted by Crippen LogP contribution is -2.42. The summed E-state index contributed by atoms with van der Waals surface area (Å²) in [6, 6.07) is 11.5. The number of aryl methyl sites for hydroxylation is 1. The number of carbonyl (C=O) groups excluding carboxylic acids is 3. The number of anilines is 1. The van der Waals surface area contributed by atoms with Gasteiger partial charge in [0.15, 0.2) is 5.78 Å². The van der Waals surface area contributed by atoms with Crippen LogP contribution in [0.25, 0.3) is 0 Å². The van der Waals surface area contributed by atoms with Crippen molar-refractivity contribution in [1.82, 2.24) is 5.32 Å². The third kappa shape index (κ3) is 6.88. The van der Waals surface area contributed by atoms with Crippen LogP contribution in [0.4, 0.5) is 10.5 Å². The van der Waals surface area contributed by atoms with E-state index in [0.717, 1.165) is 5.56 Å². The molecule has 0 aliphatic heterocycles. The second-order valence-corrected chi connectivity index (χ2v) is 8.51. The predicted octanol–water partition coefficient (Wildman–Crippen LogP) is 4.93. The van der Waals surface area contributed by atoms with E-state index in [4.69, 9.17) is 16.3 Å². The Balaban J connectivity index is 2.13. The number of hydrogen-bond donors (Lipinski definition) is 2. The maximum atomic E-state index is 12.8. The van der Waals surface area contributed by atoms with Crippen LogP contribution < -0.4 is 10.6 Å². The first-order valence-electron chi connectivity index (χ1n) is 9.64. The van der Waals surface area contributed by atoms with Crippen LogP contribution in [0.3, 0.4) is 0 Å². The molecule has 0 spiro atoms. The van der Waals surface area contributed by atoms with Crippen molar-refractivity contribution < 1.29 is 19.1 Å². The van der Waals surface area contributed by atoms with Gasteiger partial charge in [-0.05, 0) is 58.4 Å². The van der Waals surface area contributed by atoms with Gasteiger partial charge in [0.25, 0.3) is 5.91 Å². The van der Waals surface area contributed by atoms with E-state index in [0.29, 0.717) is 11.3 Å². The van der Waals surface area contributed by atoms with Gasteiger partial charge in [-0.15, -0.1) is 0 Å². The van der Waals surface area contributed by atoms with Crippen LogP contribution >= 0.6 is 11.6 Å². The van der Waals surface area contributed by atoms with E-state index in [9.17, 15) is 14.4 Å². The highest BCUT2D eigenvalue weighted by Crippen LogP contribution is 2.23. The molecule has 0 radical (unpaired) electrons. The molecule has 2 N–H and O–H groups in total. The summed E-state index contributed by atoms with van der Waals surface area (Å²) in [5.74, 6) is -0.674. The Hall–Kier alpha value is -2.86. The zero-order chi connectivity index (χ0) is 22.5. The van der Waals surface area contributed by atoms with Gasteiger partial charge in [-0.2, -0.15) is 0 Å². The predicted molar refractivity (Wildman–Crippen MR) is 118 cm³/mol. The molecule has 2 rings (SSSR count). The molecular weight excluding hydrogens is 404 g/mol. The Morgan fingerprint density at radius 3 is 2.30 bits per heavy atom. The molecule has 7 heteroatoms. The average Bonchev–Trinajstić information content (AvgIpc) is 2.61. The molecule has 6 nitrogen and oxygen atoms in total. The Bertz CT molecular complexity index is 933. The number of halogens is 1.